The largest absolute Gasteiger partial charge is 0.386 e. The molecule has 4 nitrogen and oxygen atoms in total. The lowest BCUT2D eigenvalue weighted by molar-refractivity contribution is -0.165. The van der Waals surface area contributed by atoms with E-state index >= 15 is 0 Å². The van der Waals surface area contributed by atoms with Crippen LogP contribution < -0.4 is 11.1 Å². The zero-order valence-electron chi connectivity index (χ0n) is 10.6. The monoisotopic (exact) mass is 240 g/mol. The molecule has 3 aliphatic rings. The van der Waals surface area contributed by atoms with E-state index in [0.29, 0.717) is 0 Å². The molecular weight excluding hydrogens is 216 g/mol. The molecule has 4 heteroatoms. The molecule has 1 aliphatic heterocycles. The molecule has 3 unspecified atom stereocenters. The summed E-state index contributed by atoms with van der Waals surface area (Å²) >= 11 is 0. The van der Waals surface area contributed by atoms with Crippen LogP contribution in [0.2, 0.25) is 0 Å². The molecule has 2 saturated carbocycles. The van der Waals surface area contributed by atoms with E-state index in [1.807, 2.05) is 0 Å². The van der Waals surface area contributed by atoms with Gasteiger partial charge in [0.1, 0.15) is 0 Å². The summed E-state index contributed by atoms with van der Waals surface area (Å²) in [5.41, 5.74) is 5.28. The summed E-state index contributed by atoms with van der Waals surface area (Å²) < 4.78 is 5.31. The number of nitrogens with one attached hydrogen (secondary N) is 1. The van der Waals surface area contributed by atoms with Crippen LogP contribution in [0.25, 0.3) is 0 Å². The van der Waals surface area contributed by atoms with Crippen molar-refractivity contribution in [3.8, 4) is 0 Å². The number of methoxy groups -OCH3 is 1. The number of aliphatic hydroxyl groups is 1. The van der Waals surface area contributed by atoms with Crippen LogP contribution >= 0.6 is 0 Å². The maximum atomic E-state index is 11.0. The Hall–Kier alpha value is -0.160. The van der Waals surface area contributed by atoms with Crippen LogP contribution in [-0.4, -0.2) is 42.0 Å². The molecule has 0 aromatic heterocycles. The first-order valence-corrected chi connectivity index (χ1v) is 6.85. The average Bonchev–Trinajstić information content (AvgIpc) is 2.31. The van der Waals surface area contributed by atoms with E-state index in [-0.39, 0.29) is 12.1 Å². The molecule has 98 valence electrons. The maximum Gasteiger partial charge on any atom is 0.0980 e. The quantitative estimate of drug-likeness (QED) is 0.653. The van der Waals surface area contributed by atoms with Gasteiger partial charge in [0.2, 0.25) is 0 Å². The number of nitrogens with two attached hydrogens (primary N) is 1. The van der Waals surface area contributed by atoms with Crippen LogP contribution in [0.3, 0.4) is 0 Å². The average molecular weight is 240 g/mol. The Kier molecular flexibility index (Phi) is 2.74. The van der Waals surface area contributed by atoms with Crippen molar-refractivity contribution in [3.05, 3.63) is 0 Å². The minimum atomic E-state index is -0.723. The van der Waals surface area contributed by atoms with Gasteiger partial charge in [0, 0.05) is 13.2 Å². The van der Waals surface area contributed by atoms with Crippen molar-refractivity contribution in [2.45, 2.75) is 61.8 Å². The maximum absolute atomic E-state index is 11.0. The predicted octanol–water partition coefficient (Wildman–Crippen LogP) is 0.386. The Morgan fingerprint density at radius 2 is 2.12 bits per heavy atom. The second-order valence-corrected chi connectivity index (χ2v) is 6.28. The van der Waals surface area contributed by atoms with Crippen LogP contribution in [0.4, 0.5) is 0 Å². The van der Waals surface area contributed by atoms with Gasteiger partial charge in [-0.2, -0.15) is 0 Å². The Labute approximate surface area is 103 Å². The third-order valence-electron chi connectivity index (χ3n) is 5.40. The molecule has 1 saturated heterocycles. The van der Waals surface area contributed by atoms with Crippen molar-refractivity contribution < 1.29 is 9.84 Å². The van der Waals surface area contributed by atoms with E-state index in [0.717, 1.165) is 44.6 Å². The number of piperidine rings is 1. The lowest BCUT2D eigenvalue weighted by atomic mass is 9.56. The molecule has 17 heavy (non-hydrogen) atoms. The molecule has 0 amide bonds. The zero-order valence-corrected chi connectivity index (χ0v) is 10.6. The predicted molar refractivity (Wildman–Crippen MR) is 65.6 cm³/mol. The Bertz CT molecular complexity index is 304. The second kappa shape index (κ2) is 3.92. The fourth-order valence-corrected chi connectivity index (χ4v) is 4.09. The Morgan fingerprint density at radius 1 is 1.35 bits per heavy atom. The van der Waals surface area contributed by atoms with Gasteiger partial charge < -0.3 is 20.9 Å². The Balaban J connectivity index is 1.76. The third-order valence-corrected chi connectivity index (χ3v) is 5.40. The first kappa shape index (κ1) is 11.9. The normalized spacial score (nSPS) is 54.2. The van der Waals surface area contributed by atoms with Crippen LogP contribution in [-0.2, 0) is 4.74 Å². The van der Waals surface area contributed by atoms with E-state index in [1.54, 1.807) is 7.11 Å². The summed E-state index contributed by atoms with van der Waals surface area (Å²) in [6.45, 7) is 1.03. The van der Waals surface area contributed by atoms with Gasteiger partial charge in [-0.15, -0.1) is 0 Å². The summed E-state index contributed by atoms with van der Waals surface area (Å²) in [6, 6.07) is 0.192. The zero-order chi connectivity index (χ0) is 12.1. The number of hydrogen-bond donors (Lipinski definition) is 3. The highest BCUT2D eigenvalue weighted by Gasteiger charge is 2.60. The van der Waals surface area contributed by atoms with Gasteiger partial charge in [-0.3, -0.25) is 0 Å². The molecule has 3 fully saturated rings. The molecule has 0 aromatic rings. The minimum absolute atomic E-state index is 0.192. The van der Waals surface area contributed by atoms with E-state index < -0.39 is 11.1 Å². The van der Waals surface area contributed by atoms with Crippen LogP contribution in [0.15, 0.2) is 0 Å². The van der Waals surface area contributed by atoms with Crippen molar-refractivity contribution in [2.24, 2.45) is 11.7 Å². The SMILES string of the molecule is COC1CC(N)(C2(O)CCC3CCNC2C3)C1. The van der Waals surface area contributed by atoms with Gasteiger partial charge in [0.25, 0.3) is 0 Å². The number of rotatable bonds is 2. The highest BCUT2D eigenvalue weighted by molar-refractivity contribution is 5.18. The van der Waals surface area contributed by atoms with Crippen LogP contribution in [0.1, 0.15) is 38.5 Å². The molecule has 0 spiro atoms. The topological polar surface area (TPSA) is 67.5 Å². The Morgan fingerprint density at radius 3 is 2.82 bits per heavy atom. The standard InChI is InChI=1S/C13H24N2O2/c1-17-10-7-12(14,8-10)13(16)4-2-9-3-5-15-11(13)6-9/h9-11,15-16H,2-8,14H2,1H3. The molecule has 1 heterocycles. The minimum Gasteiger partial charge on any atom is -0.386 e. The van der Waals surface area contributed by atoms with E-state index in [9.17, 15) is 5.11 Å². The lowest BCUT2D eigenvalue weighted by Crippen LogP contribution is -2.76. The number of hydrogen-bond acceptors (Lipinski definition) is 4. The summed E-state index contributed by atoms with van der Waals surface area (Å²) in [5, 5.41) is 14.5. The number of ether oxygens (including phenoxy) is 1. The van der Waals surface area contributed by atoms with E-state index in [4.69, 9.17) is 10.5 Å². The highest BCUT2D eigenvalue weighted by Crippen LogP contribution is 2.49. The highest BCUT2D eigenvalue weighted by atomic mass is 16.5. The smallest absolute Gasteiger partial charge is 0.0980 e. The fraction of sp³-hybridized carbons (Fsp3) is 1.00. The van der Waals surface area contributed by atoms with Crippen molar-refractivity contribution in [1.29, 1.82) is 0 Å². The van der Waals surface area contributed by atoms with Gasteiger partial charge in [0.15, 0.2) is 0 Å². The van der Waals surface area contributed by atoms with Gasteiger partial charge in [-0.1, -0.05) is 0 Å². The van der Waals surface area contributed by atoms with Crippen molar-refractivity contribution >= 4 is 0 Å². The molecule has 0 aromatic carbocycles. The summed E-state index contributed by atoms with van der Waals surface area (Å²) in [6.07, 6.45) is 6.15. The molecule has 3 rings (SSSR count). The van der Waals surface area contributed by atoms with Crippen molar-refractivity contribution in [3.63, 3.8) is 0 Å². The van der Waals surface area contributed by atoms with Gasteiger partial charge in [-0.25, -0.2) is 0 Å². The van der Waals surface area contributed by atoms with E-state index in [2.05, 4.69) is 5.32 Å². The van der Waals surface area contributed by atoms with Crippen LogP contribution in [0, 0.1) is 5.92 Å². The lowest BCUT2D eigenvalue weighted by Gasteiger charge is -2.60. The van der Waals surface area contributed by atoms with Gasteiger partial charge >= 0.3 is 0 Å². The van der Waals surface area contributed by atoms with Crippen molar-refractivity contribution in [1.82, 2.24) is 5.32 Å². The van der Waals surface area contributed by atoms with E-state index in [1.165, 1.54) is 6.42 Å². The molecule has 0 radical (unpaired) electrons. The van der Waals surface area contributed by atoms with Gasteiger partial charge in [0.05, 0.1) is 17.2 Å². The second-order valence-electron chi connectivity index (χ2n) is 6.28. The molecule has 2 bridgehead atoms. The fourth-order valence-electron chi connectivity index (χ4n) is 4.09. The first-order valence-electron chi connectivity index (χ1n) is 6.85. The molecule has 4 N–H and O–H groups in total. The van der Waals surface area contributed by atoms with Crippen LogP contribution in [0.5, 0.6) is 0 Å². The summed E-state index contributed by atoms with van der Waals surface area (Å²) in [7, 11) is 1.73. The number of fused-ring (bicyclic) bond motifs is 2. The first-order chi connectivity index (χ1) is 8.07. The summed E-state index contributed by atoms with van der Waals surface area (Å²) in [4.78, 5) is 0. The summed E-state index contributed by atoms with van der Waals surface area (Å²) in [5.74, 6) is 0.795. The molecule has 2 aliphatic carbocycles. The third kappa shape index (κ3) is 1.65. The van der Waals surface area contributed by atoms with Gasteiger partial charge in [-0.05, 0) is 51.0 Å². The molecular formula is C13H24N2O2. The van der Waals surface area contributed by atoms with Crippen molar-refractivity contribution in [2.75, 3.05) is 13.7 Å². The molecule has 3 atom stereocenters.